The van der Waals surface area contributed by atoms with Gasteiger partial charge in [0.1, 0.15) is 17.9 Å². The molecule has 1 atom stereocenters. The van der Waals surface area contributed by atoms with Crippen LogP contribution in [0, 0.1) is 12.8 Å². The van der Waals surface area contributed by atoms with Crippen LogP contribution in [0.25, 0.3) is 5.82 Å². The molecule has 0 radical (unpaired) electrons. The molecule has 150 valence electrons. The number of nitrogens with zero attached hydrogens (tertiary/aromatic N) is 5. The molecule has 8 nitrogen and oxygen atoms in total. The van der Waals surface area contributed by atoms with E-state index in [9.17, 15) is 4.79 Å². The molecule has 3 heterocycles. The number of anilines is 2. The van der Waals surface area contributed by atoms with E-state index in [4.69, 9.17) is 4.74 Å². The van der Waals surface area contributed by atoms with E-state index in [1.54, 1.807) is 18.0 Å². The molecule has 3 aromatic rings. The number of hydrogen-bond donors (Lipinski definition) is 1. The number of methoxy groups -OCH3 is 1. The topological polar surface area (TPSA) is 85.2 Å². The van der Waals surface area contributed by atoms with E-state index in [0.717, 1.165) is 30.8 Å². The van der Waals surface area contributed by atoms with E-state index >= 15 is 0 Å². The van der Waals surface area contributed by atoms with Crippen LogP contribution in [0.15, 0.2) is 49.1 Å². The molecule has 0 unspecified atom stereocenters. The standard InChI is InChI=1S/C21H24N6O2/c1-15-6-7-18(29-2)17(11-15)25-21(28)16-5-3-9-26(13-16)19-12-20(23-14-22-19)27-10-4-8-24-27/h4,6-8,10-12,14,16H,3,5,9,13H2,1-2H3,(H,25,28)/t16-/m0/s1. The lowest BCUT2D eigenvalue weighted by Gasteiger charge is -2.33. The predicted octanol–water partition coefficient (Wildman–Crippen LogP) is 2.83. The first kappa shape index (κ1) is 18.9. The van der Waals surface area contributed by atoms with E-state index in [-0.39, 0.29) is 11.8 Å². The van der Waals surface area contributed by atoms with Crippen LogP contribution in [-0.2, 0) is 4.79 Å². The molecule has 8 heteroatoms. The smallest absolute Gasteiger partial charge is 0.229 e. The summed E-state index contributed by atoms with van der Waals surface area (Å²) < 4.78 is 7.07. The predicted molar refractivity (Wildman–Crippen MR) is 110 cm³/mol. The van der Waals surface area contributed by atoms with Gasteiger partial charge >= 0.3 is 0 Å². The Morgan fingerprint density at radius 3 is 2.90 bits per heavy atom. The third-order valence-corrected chi connectivity index (χ3v) is 5.11. The molecule has 1 fully saturated rings. The van der Waals surface area contributed by atoms with Crippen LogP contribution in [0.4, 0.5) is 11.5 Å². The van der Waals surface area contributed by atoms with Crippen LogP contribution in [0.5, 0.6) is 5.75 Å². The summed E-state index contributed by atoms with van der Waals surface area (Å²) in [7, 11) is 1.61. The van der Waals surface area contributed by atoms with Gasteiger partial charge in [0.15, 0.2) is 5.82 Å². The Hall–Kier alpha value is -3.42. The minimum Gasteiger partial charge on any atom is -0.495 e. The molecule has 1 saturated heterocycles. The van der Waals surface area contributed by atoms with Gasteiger partial charge in [-0.15, -0.1) is 0 Å². The molecule has 0 saturated carbocycles. The monoisotopic (exact) mass is 392 g/mol. The first-order valence-corrected chi connectivity index (χ1v) is 9.66. The van der Waals surface area contributed by atoms with Crippen molar-refractivity contribution in [3.05, 3.63) is 54.6 Å². The van der Waals surface area contributed by atoms with E-state index < -0.39 is 0 Å². The first-order valence-electron chi connectivity index (χ1n) is 9.66. The molecule has 1 aliphatic rings. The van der Waals surface area contributed by atoms with Crippen LogP contribution in [-0.4, -0.2) is 45.9 Å². The average Bonchev–Trinajstić information content (AvgIpc) is 3.29. The second-order valence-corrected chi connectivity index (χ2v) is 7.16. The summed E-state index contributed by atoms with van der Waals surface area (Å²) >= 11 is 0. The quantitative estimate of drug-likeness (QED) is 0.719. The molecular formula is C21H24N6O2. The lowest BCUT2D eigenvalue weighted by molar-refractivity contribution is -0.120. The van der Waals surface area contributed by atoms with Crippen molar-refractivity contribution in [1.29, 1.82) is 0 Å². The molecule has 0 aliphatic carbocycles. The van der Waals surface area contributed by atoms with Crippen molar-refractivity contribution in [1.82, 2.24) is 19.7 Å². The van der Waals surface area contributed by atoms with Gasteiger partial charge < -0.3 is 15.0 Å². The average molecular weight is 392 g/mol. The van der Waals surface area contributed by atoms with Gasteiger partial charge in [-0.25, -0.2) is 14.6 Å². The number of aryl methyl sites for hydroxylation is 1. The van der Waals surface area contributed by atoms with Gasteiger partial charge in [0.05, 0.1) is 18.7 Å². The Labute approximate surface area is 169 Å². The molecule has 0 bridgehead atoms. The zero-order valence-electron chi connectivity index (χ0n) is 16.6. The van der Waals surface area contributed by atoms with Crippen molar-refractivity contribution in [2.75, 3.05) is 30.4 Å². The maximum atomic E-state index is 12.9. The van der Waals surface area contributed by atoms with Crippen molar-refractivity contribution >= 4 is 17.4 Å². The minimum absolute atomic E-state index is 0.0000409. The van der Waals surface area contributed by atoms with Crippen molar-refractivity contribution in [3.8, 4) is 11.6 Å². The second kappa shape index (κ2) is 8.30. The van der Waals surface area contributed by atoms with E-state index in [2.05, 4.69) is 25.3 Å². The van der Waals surface area contributed by atoms with Crippen LogP contribution in [0.2, 0.25) is 0 Å². The largest absolute Gasteiger partial charge is 0.495 e. The minimum atomic E-state index is -0.128. The number of carbonyl (C=O) groups excluding carboxylic acids is 1. The maximum absolute atomic E-state index is 12.9. The Kier molecular flexibility index (Phi) is 5.41. The highest BCUT2D eigenvalue weighted by Gasteiger charge is 2.27. The first-order chi connectivity index (χ1) is 14.1. The number of benzene rings is 1. The summed E-state index contributed by atoms with van der Waals surface area (Å²) in [5.74, 6) is 2.04. The number of rotatable bonds is 5. The van der Waals surface area contributed by atoms with Gasteiger partial charge in [-0.05, 0) is 43.5 Å². The Balaban J connectivity index is 1.48. The van der Waals surface area contributed by atoms with Crippen molar-refractivity contribution in [2.45, 2.75) is 19.8 Å². The third-order valence-electron chi connectivity index (χ3n) is 5.11. The molecule has 1 aromatic carbocycles. The second-order valence-electron chi connectivity index (χ2n) is 7.16. The fraction of sp³-hybridized carbons (Fsp3) is 0.333. The lowest BCUT2D eigenvalue weighted by atomic mass is 9.97. The molecule has 0 spiro atoms. The van der Waals surface area contributed by atoms with Crippen LogP contribution >= 0.6 is 0 Å². The normalized spacial score (nSPS) is 16.5. The van der Waals surface area contributed by atoms with Crippen LogP contribution in [0.3, 0.4) is 0 Å². The Morgan fingerprint density at radius 2 is 2.10 bits per heavy atom. The number of ether oxygens (including phenoxy) is 1. The number of amides is 1. The fourth-order valence-electron chi connectivity index (χ4n) is 3.59. The number of piperidine rings is 1. The highest BCUT2D eigenvalue weighted by Crippen LogP contribution is 2.28. The molecule has 4 rings (SSSR count). The van der Waals surface area contributed by atoms with E-state index in [1.165, 1.54) is 6.33 Å². The van der Waals surface area contributed by atoms with Gasteiger partial charge in [0.25, 0.3) is 0 Å². The van der Waals surface area contributed by atoms with Crippen LogP contribution in [0.1, 0.15) is 18.4 Å². The van der Waals surface area contributed by atoms with Gasteiger partial charge in [-0.3, -0.25) is 4.79 Å². The maximum Gasteiger partial charge on any atom is 0.229 e. The lowest BCUT2D eigenvalue weighted by Crippen LogP contribution is -2.41. The van der Waals surface area contributed by atoms with Gasteiger partial charge in [0, 0.05) is 31.5 Å². The zero-order chi connectivity index (χ0) is 20.2. The highest BCUT2D eigenvalue weighted by atomic mass is 16.5. The summed E-state index contributed by atoms with van der Waals surface area (Å²) in [5, 5.41) is 7.26. The van der Waals surface area contributed by atoms with Crippen molar-refractivity contribution in [2.24, 2.45) is 5.92 Å². The third kappa shape index (κ3) is 4.21. The molecule has 1 amide bonds. The summed E-state index contributed by atoms with van der Waals surface area (Å²) in [6, 6.07) is 9.51. The van der Waals surface area contributed by atoms with Gasteiger partial charge in [0.2, 0.25) is 5.91 Å². The number of nitrogens with one attached hydrogen (secondary N) is 1. The molecule has 2 aromatic heterocycles. The Morgan fingerprint density at radius 1 is 1.24 bits per heavy atom. The van der Waals surface area contributed by atoms with Crippen molar-refractivity contribution in [3.63, 3.8) is 0 Å². The highest BCUT2D eigenvalue weighted by molar-refractivity contribution is 5.94. The van der Waals surface area contributed by atoms with Gasteiger partial charge in [-0.2, -0.15) is 5.10 Å². The van der Waals surface area contributed by atoms with Crippen LogP contribution < -0.4 is 15.0 Å². The number of carbonyl (C=O) groups is 1. The van der Waals surface area contributed by atoms with Gasteiger partial charge in [-0.1, -0.05) is 6.07 Å². The van der Waals surface area contributed by atoms with E-state index in [0.29, 0.717) is 23.8 Å². The Bertz CT molecular complexity index is 989. The van der Waals surface area contributed by atoms with Crippen molar-refractivity contribution < 1.29 is 9.53 Å². The number of hydrogen-bond acceptors (Lipinski definition) is 6. The summed E-state index contributed by atoms with van der Waals surface area (Å²) in [6.45, 7) is 3.45. The number of aromatic nitrogens is 4. The summed E-state index contributed by atoms with van der Waals surface area (Å²) in [4.78, 5) is 23.8. The molecule has 1 N–H and O–H groups in total. The fourth-order valence-corrected chi connectivity index (χ4v) is 3.59. The van der Waals surface area contributed by atoms with E-state index in [1.807, 2.05) is 43.5 Å². The molecule has 29 heavy (non-hydrogen) atoms. The molecular weight excluding hydrogens is 368 g/mol. The SMILES string of the molecule is COc1ccc(C)cc1NC(=O)[C@H]1CCCN(c2cc(-n3cccn3)ncn2)C1. The molecule has 1 aliphatic heterocycles. The summed E-state index contributed by atoms with van der Waals surface area (Å²) in [5.41, 5.74) is 1.77. The zero-order valence-corrected chi connectivity index (χ0v) is 16.6. The summed E-state index contributed by atoms with van der Waals surface area (Å²) in [6.07, 6.45) is 6.85.